The molecule has 3 nitrogen and oxygen atoms in total. The van der Waals surface area contributed by atoms with Crippen LogP contribution in [0, 0.1) is 11.3 Å². The van der Waals surface area contributed by atoms with Crippen molar-refractivity contribution in [2.24, 2.45) is 17.1 Å². The molecule has 2 N–H and O–H groups in total. The Morgan fingerprint density at radius 2 is 1.70 bits per heavy atom. The molecule has 0 spiro atoms. The third-order valence-corrected chi connectivity index (χ3v) is 5.43. The van der Waals surface area contributed by atoms with Crippen molar-refractivity contribution in [3.63, 3.8) is 0 Å². The van der Waals surface area contributed by atoms with E-state index in [0.29, 0.717) is 17.7 Å². The molecule has 0 atom stereocenters. The minimum Gasteiger partial charge on any atom is -0.343 e. The molecule has 1 heterocycles. The van der Waals surface area contributed by atoms with Gasteiger partial charge in [-0.05, 0) is 37.0 Å². The minimum absolute atomic E-state index is 0.212. The van der Waals surface area contributed by atoms with E-state index in [1.165, 1.54) is 19.3 Å². The first-order chi connectivity index (χ1) is 9.30. The molecular formula is C17H32N2O. The second kappa shape index (κ2) is 6.05. The van der Waals surface area contributed by atoms with Crippen LogP contribution in [-0.2, 0) is 4.79 Å². The SMILES string of the molecule is CC(C)(C)C1CCN(C(=O)CC2(N)CCCCC2)CC1. The summed E-state index contributed by atoms with van der Waals surface area (Å²) < 4.78 is 0. The molecule has 2 fully saturated rings. The van der Waals surface area contributed by atoms with Gasteiger partial charge in [0, 0.05) is 25.0 Å². The number of hydrogen-bond donors (Lipinski definition) is 1. The molecule has 3 heteroatoms. The zero-order valence-corrected chi connectivity index (χ0v) is 13.6. The highest BCUT2D eigenvalue weighted by Crippen LogP contribution is 2.35. The van der Waals surface area contributed by atoms with Gasteiger partial charge in [0.2, 0.25) is 5.91 Å². The lowest BCUT2D eigenvalue weighted by Gasteiger charge is -2.40. The fraction of sp³-hybridized carbons (Fsp3) is 0.941. The molecule has 2 aliphatic rings. The molecule has 0 unspecified atom stereocenters. The molecule has 0 aromatic rings. The van der Waals surface area contributed by atoms with Gasteiger partial charge in [0.05, 0.1) is 0 Å². The Balaban J connectivity index is 1.83. The average Bonchev–Trinajstić information content (AvgIpc) is 2.38. The summed E-state index contributed by atoms with van der Waals surface area (Å²) in [5.74, 6) is 1.04. The van der Waals surface area contributed by atoms with Crippen LogP contribution in [0.4, 0.5) is 0 Å². The molecule has 0 radical (unpaired) electrons. The maximum Gasteiger partial charge on any atom is 0.224 e. The summed E-state index contributed by atoms with van der Waals surface area (Å²) in [6.45, 7) is 8.79. The normalized spacial score (nSPS) is 24.7. The topological polar surface area (TPSA) is 46.3 Å². The Kier molecular flexibility index (Phi) is 4.78. The zero-order chi connectivity index (χ0) is 14.8. The number of rotatable bonds is 2. The highest BCUT2D eigenvalue weighted by Gasteiger charge is 2.34. The van der Waals surface area contributed by atoms with Crippen LogP contribution in [0.5, 0.6) is 0 Å². The lowest BCUT2D eigenvalue weighted by atomic mass is 9.75. The van der Waals surface area contributed by atoms with E-state index in [-0.39, 0.29) is 5.54 Å². The number of piperidine rings is 1. The van der Waals surface area contributed by atoms with E-state index in [1.807, 2.05) is 0 Å². The fourth-order valence-electron chi connectivity index (χ4n) is 3.84. The number of nitrogens with two attached hydrogens (primary N) is 1. The molecular weight excluding hydrogens is 248 g/mol. The number of likely N-dealkylation sites (tertiary alicyclic amines) is 1. The van der Waals surface area contributed by atoms with Crippen LogP contribution >= 0.6 is 0 Å². The van der Waals surface area contributed by atoms with Gasteiger partial charge in [0.25, 0.3) is 0 Å². The van der Waals surface area contributed by atoms with Gasteiger partial charge in [0.1, 0.15) is 0 Å². The molecule has 1 aliphatic heterocycles. The van der Waals surface area contributed by atoms with E-state index in [9.17, 15) is 4.79 Å². The largest absolute Gasteiger partial charge is 0.343 e. The average molecular weight is 280 g/mol. The Labute approximate surface area is 124 Å². The zero-order valence-electron chi connectivity index (χ0n) is 13.6. The smallest absolute Gasteiger partial charge is 0.224 e. The molecule has 0 aromatic carbocycles. The van der Waals surface area contributed by atoms with Gasteiger partial charge in [-0.3, -0.25) is 4.79 Å². The fourth-order valence-corrected chi connectivity index (χ4v) is 3.84. The maximum atomic E-state index is 12.5. The van der Waals surface area contributed by atoms with Crippen molar-refractivity contribution in [2.75, 3.05) is 13.1 Å². The van der Waals surface area contributed by atoms with Crippen LogP contribution in [0.25, 0.3) is 0 Å². The van der Waals surface area contributed by atoms with Crippen molar-refractivity contribution >= 4 is 5.91 Å². The van der Waals surface area contributed by atoms with E-state index < -0.39 is 0 Å². The number of nitrogens with zero attached hydrogens (tertiary/aromatic N) is 1. The summed E-state index contributed by atoms with van der Waals surface area (Å²) in [4.78, 5) is 14.5. The first-order valence-corrected chi connectivity index (χ1v) is 8.37. The highest BCUT2D eigenvalue weighted by molar-refractivity contribution is 5.77. The number of amides is 1. The monoisotopic (exact) mass is 280 g/mol. The molecule has 0 bridgehead atoms. The van der Waals surface area contributed by atoms with E-state index in [1.54, 1.807) is 0 Å². The lowest BCUT2D eigenvalue weighted by Crippen LogP contribution is -2.49. The van der Waals surface area contributed by atoms with Crippen LogP contribution in [0.1, 0.15) is 72.1 Å². The van der Waals surface area contributed by atoms with E-state index in [0.717, 1.165) is 44.7 Å². The maximum absolute atomic E-state index is 12.5. The van der Waals surface area contributed by atoms with Crippen molar-refractivity contribution in [3.8, 4) is 0 Å². The van der Waals surface area contributed by atoms with Gasteiger partial charge >= 0.3 is 0 Å². The first kappa shape index (κ1) is 15.8. The highest BCUT2D eigenvalue weighted by atomic mass is 16.2. The molecule has 1 saturated heterocycles. The summed E-state index contributed by atoms with van der Waals surface area (Å²) >= 11 is 0. The Bertz CT molecular complexity index is 331. The van der Waals surface area contributed by atoms with Crippen molar-refractivity contribution in [1.82, 2.24) is 4.90 Å². The summed E-state index contributed by atoms with van der Waals surface area (Å²) in [5, 5.41) is 0. The van der Waals surface area contributed by atoms with Crippen LogP contribution in [0.15, 0.2) is 0 Å². The van der Waals surface area contributed by atoms with E-state index >= 15 is 0 Å². The molecule has 2 rings (SSSR count). The van der Waals surface area contributed by atoms with Gasteiger partial charge in [-0.1, -0.05) is 40.0 Å². The number of carbonyl (C=O) groups is 1. The van der Waals surface area contributed by atoms with Gasteiger partial charge in [0.15, 0.2) is 0 Å². The molecule has 0 aromatic heterocycles. The Hall–Kier alpha value is -0.570. The van der Waals surface area contributed by atoms with Crippen LogP contribution in [0.2, 0.25) is 0 Å². The van der Waals surface area contributed by atoms with Crippen LogP contribution in [0.3, 0.4) is 0 Å². The van der Waals surface area contributed by atoms with Crippen LogP contribution in [-0.4, -0.2) is 29.4 Å². The Morgan fingerprint density at radius 1 is 1.15 bits per heavy atom. The lowest BCUT2D eigenvalue weighted by molar-refractivity contribution is -0.134. The Morgan fingerprint density at radius 3 is 2.20 bits per heavy atom. The van der Waals surface area contributed by atoms with Gasteiger partial charge < -0.3 is 10.6 Å². The van der Waals surface area contributed by atoms with Crippen LogP contribution < -0.4 is 5.73 Å². The molecule has 1 saturated carbocycles. The number of carbonyl (C=O) groups excluding carboxylic acids is 1. The molecule has 1 aliphatic carbocycles. The predicted molar refractivity (Wildman–Crippen MR) is 83.4 cm³/mol. The summed E-state index contributed by atoms with van der Waals surface area (Å²) in [6.07, 6.45) is 8.57. The van der Waals surface area contributed by atoms with Crippen molar-refractivity contribution in [3.05, 3.63) is 0 Å². The minimum atomic E-state index is -0.212. The summed E-state index contributed by atoms with van der Waals surface area (Å²) in [5.41, 5.74) is 6.57. The quantitative estimate of drug-likeness (QED) is 0.843. The standard InChI is InChI=1S/C17H32N2O/c1-16(2,3)14-7-11-19(12-8-14)15(20)13-17(18)9-5-4-6-10-17/h14H,4-13,18H2,1-3H3. The van der Waals surface area contributed by atoms with Gasteiger partial charge in [-0.15, -0.1) is 0 Å². The molecule has 1 amide bonds. The van der Waals surface area contributed by atoms with Crippen molar-refractivity contribution < 1.29 is 4.79 Å². The first-order valence-electron chi connectivity index (χ1n) is 8.37. The predicted octanol–water partition coefficient (Wildman–Crippen LogP) is 3.32. The van der Waals surface area contributed by atoms with Crippen molar-refractivity contribution in [2.45, 2.75) is 77.7 Å². The molecule has 20 heavy (non-hydrogen) atoms. The van der Waals surface area contributed by atoms with Gasteiger partial charge in [-0.2, -0.15) is 0 Å². The second-order valence-electron chi connectivity index (χ2n) is 8.12. The summed E-state index contributed by atoms with van der Waals surface area (Å²) in [7, 11) is 0. The summed E-state index contributed by atoms with van der Waals surface area (Å²) in [6, 6.07) is 0. The second-order valence-corrected chi connectivity index (χ2v) is 8.12. The third kappa shape index (κ3) is 3.97. The van der Waals surface area contributed by atoms with E-state index in [4.69, 9.17) is 5.73 Å². The number of hydrogen-bond acceptors (Lipinski definition) is 2. The van der Waals surface area contributed by atoms with Crippen molar-refractivity contribution in [1.29, 1.82) is 0 Å². The van der Waals surface area contributed by atoms with Gasteiger partial charge in [-0.25, -0.2) is 0 Å². The molecule has 116 valence electrons. The third-order valence-electron chi connectivity index (χ3n) is 5.43. The van der Waals surface area contributed by atoms with E-state index in [2.05, 4.69) is 25.7 Å².